The Morgan fingerprint density at radius 1 is 1.07 bits per heavy atom. The van der Waals surface area contributed by atoms with Crippen molar-refractivity contribution >= 4 is 11.7 Å². The van der Waals surface area contributed by atoms with E-state index in [0.29, 0.717) is 30.0 Å². The Kier molecular flexibility index (Phi) is 11.4. The molecule has 7 nitrogen and oxygen atoms in total. The molecular weight excluding hydrogens is 557 g/mol. The average molecular weight is 603 g/mol. The van der Waals surface area contributed by atoms with Crippen LogP contribution in [-0.2, 0) is 35.0 Å². The minimum atomic E-state index is -4.43. The van der Waals surface area contributed by atoms with Gasteiger partial charge in [0.2, 0.25) is 0 Å². The monoisotopic (exact) mass is 602 g/mol. The smallest absolute Gasteiger partial charge is 0.416 e. The Balaban J connectivity index is 0.00000121. The number of aliphatic hydroxyl groups is 1. The highest BCUT2D eigenvalue weighted by Crippen LogP contribution is 2.46. The SMILES string of the molecule is CC.CC.CCc1ccc(CCC2(C3CCCC3)CC(O)=C(Cc3nc4nc(C)cc(C)n4n3)C(=O)O2)cc1C(F)(F)F. The number of cyclic esters (lactones) is 1. The van der Waals surface area contributed by atoms with Crippen molar-refractivity contribution in [1.82, 2.24) is 19.6 Å². The second-order valence-corrected chi connectivity index (χ2v) is 10.8. The maximum Gasteiger partial charge on any atom is 0.416 e. The van der Waals surface area contributed by atoms with Gasteiger partial charge in [-0.3, -0.25) is 0 Å². The van der Waals surface area contributed by atoms with Gasteiger partial charge in [0.25, 0.3) is 5.78 Å². The summed E-state index contributed by atoms with van der Waals surface area (Å²) in [7, 11) is 0. The molecule has 1 aromatic carbocycles. The number of halogens is 3. The molecule has 1 atom stereocenters. The normalized spacial score (nSPS) is 19.1. The summed E-state index contributed by atoms with van der Waals surface area (Å²) in [6.45, 7) is 13.4. The molecule has 2 aliphatic rings. The number of carbonyl (C=O) groups excluding carboxylic acids is 1. The standard InChI is InChI=1S/C29H33F3N4O3.2C2H6/c1-4-20-10-9-19(14-23(20)29(30,31)32)11-12-28(21-7-5-6-8-21)16-24(37)22(26(38)39-28)15-25-34-27-33-17(2)13-18(3)36(27)35-25;2*1-2/h9-10,13-14,21,37H,4-8,11-12,15-16H2,1-3H3;2*1-2H3. The number of carbonyl (C=O) groups is 1. The molecule has 1 unspecified atom stereocenters. The Morgan fingerprint density at radius 3 is 2.35 bits per heavy atom. The summed E-state index contributed by atoms with van der Waals surface area (Å²) in [6.07, 6.45) is 0.280. The van der Waals surface area contributed by atoms with E-state index in [4.69, 9.17) is 4.74 Å². The van der Waals surface area contributed by atoms with Crippen LogP contribution >= 0.6 is 0 Å². The summed E-state index contributed by atoms with van der Waals surface area (Å²) in [5.41, 5.74) is 0.961. The number of ether oxygens (including phenoxy) is 1. The molecular formula is C33H45F3N4O3. The Hall–Kier alpha value is -3.43. The first kappa shape index (κ1) is 34.1. The first-order chi connectivity index (χ1) is 20.5. The number of fused-ring (bicyclic) bond motifs is 1. The minimum absolute atomic E-state index is 0.000678. The van der Waals surface area contributed by atoms with E-state index in [1.54, 1.807) is 17.5 Å². The second kappa shape index (κ2) is 14.4. The van der Waals surface area contributed by atoms with Gasteiger partial charge in [-0.25, -0.2) is 14.3 Å². The molecule has 2 aromatic heterocycles. The fourth-order valence-corrected chi connectivity index (χ4v) is 6.14. The molecule has 0 spiro atoms. The molecule has 1 aliphatic heterocycles. The quantitative estimate of drug-likeness (QED) is 0.274. The summed E-state index contributed by atoms with van der Waals surface area (Å²) in [4.78, 5) is 22.1. The summed E-state index contributed by atoms with van der Waals surface area (Å²) in [6, 6.07) is 6.33. The minimum Gasteiger partial charge on any atom is -0.512 e. The molecule has 1 saturated carbocycles. The molecule has 3 aromatic rings. The van der Waals surface area contributed by atoms with E-state index in [1.165, 1.54) is 12.1 Å². The number of alkyl halides is 3. The lowest BCUT2D eigenvalue weighted by Crippen LogP contribution is -2.46. The van der Waals surface area contributed by atoms with Crippen LogP contribution in [0.5, 0.6) is 0 Å². The summed E-state index contributed by atoms with van der Waals surface area (Å²) in [5.74, 6) is 0.112. The highest BCUT2D eigenvalue weighted by molar-refractivity contribution is 5.90. The van der Waals surface area contributed by atoms with Gasteiger partial charge < -0.3 is 9.84 Å². The number of aromatic nitrogens is 4. The zero-order valence-corrected chi connectivity index (χ0v) is 26.4. The lowest BCUT2D eigenvalue weighted by Gasteiger charge is -2.41. The van der Waals surface area contributed by atoms with E-state index in [-0.39, 0.29) is 42.1 Å². The van der Waals surface area contributed by atoms with E-state index in [0.717, 1.165) is 37.1 Å². The zero-order valence-electron chi connectivity index (χ0n) is 26.4. The molecule has 0 amide bonds. The van der Waals surface area contributed by atoms with Crippen LogP contribution in [0.25, 0.3) is 5.78 Å². The molecule has 5 rings (SSSR count). The van der Waals surface area contributed by atoms with Gasteiger partial charge in [-0.1, -0.05) is 59.6 Å². The molecule has 43 heavy (non-hydrogen) atoms. The Bertz CT molecular complexity index is 1440. The summed E-state index contributed by atoms with van der Waals surface area (Å²) in [5, 5.41) is 15.6. The van der Waals surface area contributed by atoms with Gasteiger partial charge in [0, 0.05) is 24.2 Å². The molecule has 10 heteroatoms. The topological polar surface area (TPSA) is 89.6 Å². The first-order valence-corrected chi connectivity index (χ1v) is 15.5. The average Bonchev–Trinajstić information content (AvgIpc) is 3.67. The van der Waals surface area contributed by atoms with Gasteiger partial charge in [0.15, 0.2) is 5.82 Å². The van der Waals surface area contributed by atoms with Crippen molar-refractivity contribution in [2.24, 2.45) is 5.92 Å². The molecule has 236 valence electrons. The first-order valence-electron chi connectivity index (χ1n) is 15.5. The van der Waals surface area contributed by atoms with Crippen LogP contribution in [0.3, 0.4) is 0 Å². The molecule has 1 N–H and O–H groups in total. The predicted octanol–water partition coefficient (Wildman–Crippen LogP) is 8.24. The second-order valence-electron chi connectivity index (χ2n) is 10.8. The van der Waals surface area contributed by atoms with Crippen LogP contribution < -0.4 is 0 Å². The number of aliphatic hydroxyl groups excluding tert-OH is 1. The van der Waals surface area contributed by atoms with Crippen LogP contribution in [0, 0.1) is 19.8 Å². The fourth-order valence-electron chi connectivity index (χ4n) is 6.14. The third-order valence-corrected chi connectivity index (χ3v) is 8.15. The van der Waals surface area contributed by atoms with Crippen molar-refractivity contribution in [2.45, 2.75) is 118 Å². The van der Waals surface area contributed by atoms with E-state index >= 15 is 0 Å². The number of nitrogens with zero attached hydrogens (tertiary/aromatic N) is 4. The number of benzene rings is 1. The number of hydrogen-bond donors (Lipinski definition) is 1. The zero-order chi connectivity index (χ0) is 31.9. The fraction of sp³-hybridized carbons (Fsp3) is 0.576. The van der Waals surface area contributed by atoms with Crippen molar-refractivity contribution in [1.29, 1.82) is 0 Å². The lowest BCUT2D eigenvalue weighted by molar-refractivity contribution is -0.167. The summed E-state index contributed by atoms with van der Waals surface area (Å²) >= 11 is 0. The van der Waals surface area contributed by atoms with Crippen LogP contribution in [0.2, 0.25) is 0 Å². The van der Waals surface area contributed by atoms with E-state index in [2.05, 4.69) is 15.1 Å². The van der Waals surface area contributed by atoms with E-state index < -0.39 is 23.3 Å². The van der Waals surface area contributed by atoms with Crippen molar-refractivity contribution in [2.75, 3.05) is 0 Å². The third-order valence-electron chi connectivity index (χ3n) is 8.15. The molecule has 1 fully saturated rings. The molecule has 3 heterocycles. The Labute approximate surface area is 252 Å². The lowest BCUT2D eigenvalue weighted by atomic mass is 9.76. The molecule has 0 radical (unpaired) electrons. The van der Waals surface area contributed by atoms with Gasteiger partial charge >= 0.3 is 12.1 Å². The number of aryl methyl sites for hydroxylation is 4. The van der Waals surface area contributed by atoms with Gasteiger partial charge in [-0.2, -0.15) is 18.2 Å². The van der Waals surface area contributed by atoms with Crippen molar-refractivity contribution in [3.05, 3.63) is 69.5 Å². The van der Waals surface area contributed by atoms with Crippen LogP contribution in [0.15, 0.2) is 35.6 Å². The predicted molar refractivity (Wildman–Crippen MR) is 161 cm³/mol. The van der Waals surface area contributed by atoms with Crippen molar-refractivity contribution in [3.8, 4) is 0 Å². The van der Waals surface area contributed by atoms with Gasteiger partial charge in [-0.05, 0) is 75.1 Å². The maximum absolute atomic E-state index is 13.6. The molecule has 0 saturated heterocycles. The van der Waals surface area contributed by atoms with Gasteiger partial charge in [0.1, 0.15) is 11.4 Å². The van der Waals surface area contributed by atoms with Crippen LogP contribution in [0.1, 0.15) is 107 Å². The molecule has 1 aliphatic carbocycles. The summed E-state index contributed by atoms with van der Waals surface area (Å²) < 4.78 is 48.7. The number of hydrogen-bond acceptors (Lipinski definition) is 6. The van der Waals surface area contributed by atoms with Crippen molar-refractivity contribution < 1.29 is 27.8 Å². The van der Waals surface area contributed by atoms with E-state index in [1.807, 2.05) is 47.6 Å². The van der Waals surface area contributed by atoms with Crippen LogP contribution in [-0.4, -0.2) is 36.3 Å². The number of esters is 1. The van der Waals surface area contributed by atoms with Crippen molar-refractivity contribution in [3.63, 3.8) is 0 Å². The highest BCUT2D eigenvalue weighted by atomic mass is 19.4. The molecule has 0 bridgehead atoms. The maximum atomic E-state index is 13.6. The largest absolute Gasteiger partial charge is 0.512 e. The third kappa shape index (κ3) is 7.57. The Morgan fingerprint density at radius 2 is 1.74 bits per heavy atom. The number of rotatable bonds is 7. The van der Waals surface area contributed by atoms with E-state index in [9.17, 15) is 23.1 Å². The van der Waals surface area contributed by atoms with Gasteiger partial charge in [0.05, 0.1) is 11.1 Å². The highest BCUT2D eigenvalue weighted by Gasteiger charge is 2.48. The van der Waals surface area contributed by atoms with Crippen LogP contribution in [0.4, 0.5) is 13.2 Å². The van der Waals surface area contributed by atoms with Gasteiger partial charge in [-0.15, -0.1) is 5.10 Å².